The van der Waals surface area contributed by atoms with Crippen LogP contribution in [0.5, 0.6) is 5.75 Å². The van der Waals surface area contributed by atoms with E-state index >= 15 is 0 Å². The second-order valence-electron chi connectivity index (χ2n) is 6.16. The first-order valence-electron chi connectivity index (χ1n) is 7.89. The summed E-state index contributed by atoms with van der Waals surface area (Å²) in [4.78, 5) is 11.7. The van der Waals surface area contributed by atoms with Crippen molar-refractivity contribution in [1.82, 2.24) is 0 Å². The van der Waals surface area contributed by atoms with Crippen LogP contribution in [0.4, 0.5) is 8.78 Å². The summed E-state index contributed by atoms with van der Waals surface area (Å²) in [7, 11) is 0. The van der Waals surface area contributed by atoms with E-state index < -0.39 is 17.6 Å². The van der Waals surface area contributed by atoms with Crippen LogP contribution in [0.15, 0.2) is 30.3 Å². The van der Waals surface area contributed by atoms with Crippen LogP contribution >= 0.6 is 11.3 Å². The van der Waals surface area contributed by atoms with Gasteiger partial charge in [0.1, 0.15) is 22.3 Å². The lowest BCUT2D eigenvalue weighted by molar-refractivity contribution is 0.0703. The molecule has 0 radical (unpaired) electrons. The third kappa shape index (κ3) is 2.66. The molecule has 1 N–H and O–H groups in total. The predicted octanol–water partition coefficient (Wildman–Crippen LogP) is 5.26. The van der Waals surface area contributed by atoms with Crippen molar-refractivity contribution in [2.75, 3.05) is 0 Å². The first-order chi connectivity index (χ1) is 11.9. The van der Waals surface area contributed by atoms with E-state index in [1.165, 1.54) is 24.3 Å². The lowest BCUT2D eigenvalue weighted by Crippen LogP contribution is -2.19. The average molecular weight is 360 g/mol. The molecule has 0 aliphatic carbocycles. The normalized spacial score (nSPS) is 16.5. The number of aromatic carboxylic acids is 1. The fourth-order valence-corrected chi connectivity index (χ4v) is 4.30. The van der Waals surface area contributed by atoms with Crippen LogP contribution in [0, 0.1) is 11.6 Å². The number of aryl methyl sites for hydroxylation is 1. The lowest BCUT2D eigenvalue weighted by atomic mass is 9.95. The molecule has 6 heteroatoms. The molecule has 25 heavy (non-hydrogen) atoms. The van der Waals surface area contributed by atoms with E-state index in [1.54, 1.807) is 6.07 Å². The van der Waals surface area contributed by atoms with Crippen LogP contribution in [0.1, 0.15) is 28.6 Å². The SMILES string of the molecule is CC1CCc2cc(-c3c(C(=O)O)sc4cc(F)ccc34)c(F)cc2O1. The number of carboxylic acids is 1. The maximum atomic E-state index is 14.8. The molecule has 1 aromatic heterocycles. The molecule has 4 rings (SSSR count). The molecule has 2 heterocycles. The van der Waals surface area contributed by atoms with Gasteiger partial charge in [-0.2, -0.15) is 0 Å². The van der Waals surface area contributed by atoms with Crippen LogP contribution in [-0.2, 0) is 6.42 Å². The van der Waals surface area contributed by atoms with E-state index in [2.05, 4.69) is 0 Å². The zero-order valence-corrected chi connectivity index (χ0v) is 14.1. The fraction of sp³-hybridized carbons (Fsp3) is 0.211. The zero-order valence-electron chi connectivity index (χ0n) is 13.3. The molecule has 0 saturated heterocycles. The number of thiophene rings is 1. The molecular formula is C19H14F2O3S. The van der Waals surface area contributed by atoms with Gasteiger partial charge >= 0.3 is 5.97 Å². The fourth-order valence-electron chi connectivity index (χ4n) is 3.22. The molecule has 0 spiro atoms. The third-order valence-electron chi connectivity index (χ3n) is 4.41. The number of ether oxygens (including phenoxy) is 1. The molecule has 1 aliphatic rings. The van der Waals surface area contributed by atoms with E-state index in [4.69, 9.17) is 4.74 Å². The Labute approximate surface area is 146 Å². The molecule has 0 bridgehead atoms. The highest BCUT2D eigenvalue weighted by Crippen LogP contribution is 2.42. The Hall–Kier alpha value is -2.47. The van der Waals surface area contributed by atoms with Gasteiger partial charge in [-0.3, -0.25) is 0 Å². The maximum Gasteiger partial charge on any atom is 0.346 e. The standard InChI is InChI=1S/C19H14F2O3S/c1-9-2-3-10-6-13(14(21)8-15(10)24-9)17-12-5-4-11(20)7-16(12)25-18(17)19(22)23/h4-9H,2-3H2,1H3,(H,22,23). The summed E-state index contributed by atoms with van der Waals surface area (Å²) in [5.41, 5.74) is 1.37. The highest BCUT2D eigenvalue weighted by atomic mass is 32.1. The summed E-state index contributed by atoms with van der Waals surface area (Å²) in [5.74, 6) is -1.65. The molecule has 3 aromatic rings. The van der Waals surface area contributed by atoms with E-state index in [0.29, 0.717) is 21.4 Å². The molecule has 1 unspecified atom stereocenters. The van der Waals surface area contributed by atoms with E-state index in [0.717, 1.165) is 29.7 Å². The molecule has 1 atom stereocenters. The highest BCUT2D eigenvalue weighted by molar-refractivity contribution is 7.21. The largest absolute Gasteiger partial charge is 0.490 e. The Balaban J connectivity index is 1.98. The van der Waals surface area contributed by atoms with E-state index in [1.807, 2.05) is 6.92 Å². The number of benzene rings is 2. The minimum atomic E-state index is -1.15. The Morgan fingerprint density at radius 3 is 2.84 bits per heavy atom. The van der Waals surface area contributed by atoms with Gasteiger partial charge in [-0.1, -0.05) is 0 Å². The molecule has 2 aromatic carbocycles. The van der Waals surface area contributed by atoms with Crippen molar-refractivity contribution in [2.45, 2.75) is 25.9 Å². The number of fused-ring (bicyclic) bond motifs is 2. The Kier molecular flexibility index (Phi) is 3.72. The lowest BCUT2D eigenvalue weighted by Gasteiger charge is -2.24. The summed E-state index contributed by atoms with van der Waals surface area (Å²) in [6.07, 6.45) is 1.58. The van der Waals surface area contributed by atoms with Gasteiger partial charge in [0.05, 0.1) is 6.10 Å². The minimum absolute atomic E-state index is 0.00421. The number of hydrogen-bond donors (Lipinski definition) is 1. The summed E-state index contributed by atoms with van der Waals surface area (Å²) in [6.45, 7) is 1.93. The number of carboxylic acid groups (broad SMARTS) is 1. The van der Waals surface area contributed by atoms with Gasteiger partial charge in [0, 0.05) is 27.3 Å². The van der Waals surface area contributed by atoms with Gasteiger partial charge in [-0.25, -0.2) is 13.6 Å². The van der Waals surface area contributed by atoms with Crippen molar-refractivity contribution in [3.63, 3.8) is 0 Å². The zero-order chi connectivity index (χ0) is 17.7. The van der Waals surface area contributed by atoms with Gasteiger partial charge in [-0.05, 0) is 49.6 Å². The van der Waals surface area contributed by atoms with Gasteiger partial charge < -0.3 is 9.84 Å². The van der Waals surface area contributed by atoms with Crippen LogP contribution in [0.2, 0.25) is 0 Å². The van der Waals surface area contributed by atoms with Crippen molar-refractivity contribution < 1.29 is 23.4 Å². The Morgan fingerprint density at radius 2 is 2.08 bits per heavy atom. The highest BCUT2D eigenvalue weighted by Gasteiger charge is 2.25. The summed E-state index contributed by atoms with van der Waals surface area (Å²) in [6, 6.07) is 7.01. The van der Waals surface area contributed by atoms with Crippen molar-refractivity contribution in [3.05, 3.63) is 52.4 Å². The van der Waals surface area contributed by atoms with Crippen molar-refractivity contribution in [3.8, 4) is 16.9 Å². The first-order valence-corrected chi connectivity index (χ1v) is 8.70. The topological polar surface area (TPSA) is 46.5 Å². The van der Waals surface area contributed by atoms with Crippen LogP contribution < -0.4 is 4.74 Å². The molecular weight excluding hydrogens is 346 g/mol. The number of hydrogen-bond acceptors (Lipinski definition) is 3. The summed E-state index contributed by atoms with van der Waals surface area (Å²) in [5, 5.41) is 10.1. The molecule has 0 fully saturated rings. The second-order valence-corrected chi connectivity index (χ2v) is 7.21. The predicted molar refractivity (Wildman–Crippen MR) is 92.5 cm³/mol. The number of rotatable bonds is 2. The molecule has 0 saturated carbocycles. The number of halogens is 2. The third-order valence-corrected chi connectivity index (χ3v) is 5.55. The summed E-state index contributed by atoms with van der Waals surface area (Å²) < 4.78 is 34.4. The number of carbonyl (C=O) groups is 1. The van der Waals surface area contributed by atoms with Crippen LogP contribution in [-0.4, -0.2) is 17.2 Å². The van der Waals surface area contributed by atoms with E-state index in [9.17, 15) is 18.7 Å². The van der Waals surface area contributed by atoms with Gasteiger partial charge in [0.15, 0.2) is 0 Å². The molecule has 1 aliphatic heterocycles. The molecule has 3 nitrogen and oxygen atoms in total. The van der Waals surface area contributed by atoms with Gasteiger partial charge in [0.25, 0.3) is 0 Å². The van der Waals surface area contributed by atoms with Gasteiger partial charge in [-0.15, -0.1) is 11.3 Å². The second kappa shape index (κ2) is 5.81. The maximum absolute atomic E-state index is 14.8. The Morgan fingerprint density at radius 1 is 1.28 bits per heavy atom. The average Bonchev–Trinajstić information content (AvgIpc) is 2.92. The summed E-state index contributed by atoms with van der Waals surface area (Å²) >= 11 is 0.950. The molecule has 128 valence electrons. The smallest absolute Gasteiger partial charge is 0.346 e. The van der Waals surface area contributed by atoms with E-state index in [-0.39, 0.29) is 16.5 Å². The first kappa shape index (κ1) is 16.0. The van der Waals surface area contributed by atoms with Gasteiger partial charge in [0.2, 0.25) is 0 Å². The van der Waals surface area contributed by atoms with Crippen LogP contribution in [0.3, 0.4) is 0 Å². The van der Waals surface area contributed by atoms with Crippen molar-refractivity contribution in [2.24, 2.45) is 0 Å². The minimum Gasteiger partial charge on any atom is -0.490 e. The van der Waals surface area contributed by atoms with Crippen molar-refractivity contribution in [1.29, 1.82) is 0 Å². The van der Waals surface area contributed by atoms with Crippen LogP contribution in [0.25, 0.3) is 21.2 Å². The van der Waals surface area contributed by atoms with Crippen molar-refractivity contribution >= 4 is 27.4 Å². The monoisotopic (exact) mass is 360 g/mol. The Bertz CT molecular complexity index is 1010. The quantitative estimate of drug-likeness (QED) is 0.678. The molecule has 0 amide bonds.